The summed E-state index contributed by atoms with van der Waals surface area (Å²) in [6, 6.07) is 10.5. The van der Waals surface area contributed by atoms with Crippen LogP contribution in [0.4, 0.5) is 11.4 Å². The number of hydrogen-bond acceptors (Lipinski definition) is 4. The molecule has 0 aliphatic rings. The van der Waals surface area contributed by atoms with Crippen LogP contribution in [0.3, 0.4) is 0 Å². The third-order valence-corrected chi connectivity index (χ3v) is 2.88. The molecule has 4 heteroatoms. The second-order valence-corrected chi connectivity index (χ2v) is 4.30. The third-order valence-electron chi connectivity index (χ3n) is 2.88. The Kier molecular flexibility index (Phi) is 3.80. The van der Waals surface area contributed by atoms with E-state index in [0.717, 1.165) is 5.56 Å². The van der Waals surface area contributed by atoms with Crippen LogP contribution in [-0.4, -0.2) is 5.11 Å². The maximum absolute atomic E-state index is 12.0. The molecule has 0 saturated carbocycles. The van der Waals surface area contributed by atoms with Crippen molar-refractivity contribution in [3.8, 4) is 11.5 Å². The van der Waals surface area contributed by atoms with Crippen LogP contribution < -0.4 is 5.11 Å². The second-order valence-electron chi connectivity index (χ2n) is 4.30. The summed E-state index contributed by atoms with van der Waals surface area (Å²) < 4.78 is 0. The van der Waals surface area contributed by atoms with Crippen molar-refractivity contribution in [1.82, 2.24) is 0 Å². The van der Waals surface area contributed by atoms with Gasteiger partial charge in [0.2, 0.25) is 0 Å². The lowest BCUT2D eigenvalue weighted by Gasteiger charge is -2.15. The van der Waals surface area contributed by atoms with E-state index < -0.39 is 0 Å². The lowest BCUT2D eigenvalue weighted by atomic mass is 10.1. The molecule has 0 heterocycles. The lowest BCUT2D eigenvalue weighted by molar-refractivity contribution is -0.268. The van der Waals surface area contributed by atoms with Crippen molar-refractivity contribution in [2.45, 2.75) is 20.3 Å². The van der Waals surface area contributed by atoms with Crippen LogP contribution in [0.1, 0.15) is 18.1 Å². The van der Waals surface area contributed by atoms with Crippen LogP contribution in [0.2, 0.25) is 0 Å². The minimum atomic E-state index is -0.265. The SMILES string of the molecule is CCc1c(O)ccc(N=Nc2ccc(C)cc2)c1[O-]. The van der Waals surface area contributed by atoms with Crippen molar-refractivity contribution in [2.75, 3.05) is 0 Å². The average molecular weight is 255 g/mol. The summed E-state index contributed by atoms with van der Waals surface area (Å²) in [6.45, 7) is 3.81. The smallest absolute Gasteiger partial charge is 0.118 e. The van der Waals surface area contributed by atoms with Gasteiger partial charge in [0.25, 0.3) is 0 Å². The first-order valence-electron chi connectivity index (χ1n) is 6.12. The van der Waals surface area contributed by atoms with Crippen molar-refractivity contribution in [1.29, 1.82) is 0 Å². The van der Waals surface area contributed by atoms with Crippen molar-refractivity contribution in [3.05, 3.63) is 47.5 Å². The molecule has 0 radical (unpaired) electrons. The Labute approximate surface area is 112 Å². The topological polar surface area (TPSA) is 68.0 Å². The predicted octanol–water partition coefficient (Wildman–Crippen LogP) is 3.75. The van der Waals surface area contributed by atoms with E-state index in [1.54, 1.807) is 0 Å². The van der Waals surface area contributed by atoms with Crippen molar-refractivity contribution >= 4 is 11.4 Å². The Hall–Kier alpha value is -2.36. The zero-order valence-electron chi connectivity index (χ0n) is 10.9. The van der Waals surface area contributed by atoms with Gasteiger partial charge in [-0.3, -0.25) is 0 Å². The Balaban J connectivity index is 2.31. The van der Waals surface area contributed by atoms with E-state index in [9.17, 15) is 10.2 Å². The quantitative estimate of drug-likeness (QED) is 0.848. The first-order valence-corrected chi connectivity index (χ1v) is 6.12. The van der Waals surface area contributed by atoms with E-state index in [0.29, 0.717) is 17.7 Å². The highest BCUT2D eigenvalue weighted by Crippen LogP contribution is 2.35. The zero-order chi connectivity index (χ0) is 13.8. The number of azo groups is 1. The Bertz CT molecular complexity index is 604. The first-order chi connectivity index (χ1) is 9.11. The summed E-state index contributed by atoms with van der Waals surface area (Å²) in [5.74, 6) is -0.250. The van der Waals surface area contributed by atoms with Gasteiger partial charge in [-0.15, -0.1) is 0 Å². The van der Waals surface area contributed by atoms with Gasteiger partial charge >= 0.3 is 0 Å². The van der Waals surface area contributed by atoms with Crippen LogP contribution in [0.5, 0.6) is 11.5 Å². The molecule has 0 unspecified atom stereocenters. The highest BCUT2D eigenvalue weighted by molar-refractivity contribution is 5.59. The van der Waals surface area contributed by atoms with Gasteiger partial charge in [-0.25, -0.2) is 0 Å². The van der Waals surface area contributed by atoms with Crippen LogP contribution in [-0.2, 0) is 6.42 Å². The molecule has 0 spiro atoms. The summed E-state index contributed by atoms with van der Waals surface area (Å²) in [5.41, 5.74) is 2.45. The average Bonchev–Trinajstić information content (AvgIpc) is 2.40. The molecule has 0 aromatic heterocycles. The fraction of sp³-hybridized carbons (Fsp3) is 0.200. The number of rotatable bonds is 3. The molecule has 0 aliphatic carbocycles. The molecule has 0 amide bonds. The standard InChI is InChI=1S/C15H16N2O2/c1-3-12-14(18)9-8-13(15(12)19)17-16-11-6-4-10(2)5-7-11/h4-9,18-19H,3H2,1-2H3/p-1. The molecule has 0 saturated heterocycles. The van der Waals surface area contributed by atoms with E-state index in [1.165, 1.54) is 12.1 Å². The van der Waals surface area contributed by atoms with E-state index in [-0.39, 0.29) is 17.2 Å². The number of aryl methyl sites for hydroxylation is 1. The molecule has 2 rings (SSSR count). The van der Waals surface area contributed by atoms with Gasteiger partial charge in [-0.2, -0.15) is 10.2 Å². The van der Waals surface area contributed by atoms with Crippen molar-refractivity contribution in [3.63, 3.8) is 0 Å². The summed E-state index contributed by atoms with van der Waals surface area (Å²) in [5, 5.41) is 29.5. The van der Waals surface area contributed by atoms with Crippen LogP contribution >= 0.6 is 0 Å². The van der Waals surface area contributed by atoms with Crippen LogP contribution in [0.15, 0.2) is 46.6 Å². The molecular weight excluding hydrogens is 240 g/mol. The first kappa shape index (κ1) is 13.1. The van der Waals surface area contributed by atoms with Crippen molar-refractivity contribution in [2.24, 2.45) is 10.2 Å². The number of nitrogens with zero attached hydrogens (tertiary/aromatic N) is 2. The van der Waals surface area contributed by atoms with E-state index in [1.807, 2.05) is 38.1 Å². The molecule has 19 heavy (non-hydrogen) atoms. The highest BCUT2D eigenvalue weighted by Gasteiger charge is 2.03. The second kappa shape index (κ2) is 5.52. The Morgan fingerprint density at radius 2 is 1.74 bits per heavy atom. The third kappa shape index (κ3) is 2.91. The molecule has 0 atom stereocenters. The molecule has 4 nitrogen and oxygen atoms in total. The summed E-state index contributed by atoms with van der Waals surface area (Å²) in [7, 11) is 0. The van der Waals surface area contributed by atoms with Gasteiger partial charge in [0.1, 0.15) is 5.75 Å². The van der Waals surface area contributed by atoms with Gasteiger partial charge in [-0.1, -0.05) is 30.4 Å². The molecule has 2 aromatic carbocycles. The van der Waals surface area contributed by atoms with Crippen LogP contribution in [0.25, 0.3) is 0 Å². The minimum absolute atomic E-state index is 0.0155. The molecule has 2 aromatic rings. The molecule has 0 aliphatic heterocycles. The summed E-state index contributed by atoms with van der Waals surface area (Å²) in [6.07, 6.45) is 0.471. The number of aromatic hydroxyl groups is 1. The molecule has 1 N–H and O–H groups in total. The van der Waals surface area contributed by atoms with E-state index in [4.69, 9.17) is 0 Å². The fourth-order valence-electron chi connectivity index (χ4n) is 1.75. The normalized spacial score (nSPS) is 11.1. The Morgan fingerprint density at radius 3 is 2.37 bits per heavy atom. The highest BCUT2D eigenvalue weighted by atomic mass is 16.3. The van der Waals surface area contributed by atoms with Gasteiger partial charge in [0.15, 0.2) is 0 Å². The van der Waals surface area contributed by atoms with Crippen LogP contribution in [0, 0.1) is 6.92 Å². The minimum Gasteiger partial charge on any atom is -0.871 e. The molecular formula is C15H15N2O2-. The van der Waals surface area contributed by atoms with Gasteiger partial charge < -0.3 is 10.2 Å². The number of phenolic OH excluding ortho intramolecular Hbond substituents is 1. The van der Waals surface area contributed by atoms with Gasteiger partial charge in [0, 0.05) is 0 Å². The zero-order valence-corrected chi connectivity index (χ0v) is 10.9. The Morgan fingerprint density at radius 1 is 1.05 bits per heavy atom. The van der Waals surface area contributed by atoms with E-state index in [2.05, 4.69) is 10.2 Å². The summed E-state index contributed by atoms with van der Waals surface area (Å²) in [4.78, 5) is 0. The molecule has 0 bridgehead atoms. The maximum Gasteiger partial charge on any atom is 0.118 e. The monoisotopic (exact) mass is 255 g/mol. The molecule has 98 valence electrons. The fourth-order valence-corrected chi connectivity index (χ4v) is 1.75. The van der Waals surface area contributed by atoms with Crippen molar-refractivity contribution < 1.29 is 10.2 Å². The number of benzene rings is 2. The summed E-state index contributed by atoms with van der Waals surface area (Å²) >= 11 is 0. The van der Waals surface area contributed by atoms with Gasteiger partial charge in [-0.05, 0) is 43.2 Å². The maximum atomic E-state index is 12.0. The van der Waals surface area contributed by atoms with E-state index >= 15 is 0 Å². The van der Waals surface area contributed by atoms with Gasteiger partial charge in [0.05, 0.1) is 11.4 Å². The predicted molar refractivity (Wildman–Crippen MR) is 72.3 cm³/mol. The largest absolute Gasteiger partial charge is 0.871 e. The lowest BCUT2D eigenvalue weighted by Crippen LogP contribution is -1.96. The molecule has 0 fully saturated rings. The number of hydrogen-bond donors (Lipinski definition) is 1. The number of phenols is 1.